The van der Waals surface area contributed by atoms with Gasteiger partial charge in [-0.25, -0.2) is 19.3 Å². The lowest BCUT2D eigenvalue weighted by atomic mass is 9.97. The quantitative estimate of drug-likeness (QED) is 0.559. The standard InChI is InChI=1S/C19H20F4N6O/c1-18(30,19(21,22)23)11-4-5-15-25-9-14(29(15)10-11)16-13(20)8-26-17(28-16)27-12-3-2-6-24-7-12/h4-5,8-10,12,24,30H,2-3,6-7H2,1H3,(H,26,27,28)/t12?,18-/m1/s1. The summed E-state index contributed by atoms with van der Waals surface area (Å²) >= 11 is 0. The van der Waals surface area contributed by atoms with Crippen LogP contribution < -0.4 is 10.6 Å². The molecule has 2 atom stereocenters. The number of fused-ring (bicyclic) bond motifs is 1. The lowest BCUT2D eigenvalue weighted by Crippen LogP contribution is -2.39. The molecule has 0 spiro atoms. The zero-order chi connectivity index (χ0) is 21.5. The van der Waals surface area contributed by atoms with Gasteiger partial charge in [-0.2, -0.15) is 13.2 Å². The molecule has 0 bridgehead atoms. The van der Waals surface area contributed by atoms with Crippen molar-refractivity contribution in [3.05, 3.63) is 42.1 Å². The lowest BCUT2D eigenvalue weighted by Gasteiger charge is -2.26. The molecule has 30 heavy (non-hydrogen) atoms. The van der Waals surface area contributed by atoms with Crippen molar-refractivity contribution in [2.75, 3.05) is 18.4 Å². The van der Waals surface area contributed by atoms with E-state index in [1.165, 1.54) is 16.7 Å². The number of hydrogen-bond donors (Lipinski definition) is 3. The van der Waals surface area contributed by atoms with Crippen LogP contribution in [-0.4, -0.2) is 49.8 Å². The molecule has 160 valence electrons. The average Bonchev–Trinajstić information content (AvgIpc) is 3.12. The van der Waals surface area contributed by atoms with E-state index >= 15 is 0 Å². The number of aromatic nitrogens is 4. The van der Waals surface area contributed by atoms with Crippen LogP contribution in [0.1, 0.15) is 25.3 Å². The molecule has 1 aliphatic heterocycles. The minimum atomic E-state index is -4.88. The first kappa shape index (κ1) is 20.5. The topological polar surface area (TPSA) is 87.4 Å². The van der Waals surface area contributed by atoms with Gasteiger partial charge >= 0.3 is 6.18 Å². The summed E-state index contributed by atoms with van der Waals surface area (Å²) in [6.07, 6.45) is 0.432. The van der Waals surface area contributed by atoms with E-state index in [-0.39, 0.29) is 29.0 Å². The van der Waals surface area contributed by atoms with E-state index in [2.05, 4.69) is 25.6 Å². The molecule has 11 heteroatoms. The molecule has 0 radical (unpaired) electrons. The molecule has 3 aromatic heterocycles. The molecule has 4 heterocycles. The Morgan fingerprint density at radius 2 is 2.03 bits per heavy atom. The Kier molecular flexibility index (Phi) is 5.10. The second kappa shape index (κ2) is 7.47. The fourth-order valence-electron chi connectivity index (χ4n) is 3.38. The van der Waals surface area contributed by atoms with E-state index in [1.54, 1.807) is 0 Å². The number of hydrogen-bond acceptors (Lipinski definition) is 6. The van der Waals surface area contributed by atoms with Gasteiger partial charge in [0.15, 0.2) is 11.4 Å². The minimum absolute atomic E-state index is 0.0905. The molecule has 3 aromatic rings. The minimum Gasteiger partial charge on any atom is -0.376 e. The predicted molar refractivity (Wildman–Crippen MR) is 101 cm³/mol. The van der Waals surface area contributed by atoms with Crippen molar-refractivity contribution in [3.63, 3.8) is 0 Å². The van der Waals surface area contributed by atoms with Gasteiger partial charge in [-0.15, -0.1) is 0 Å². The number of piperidine rings is 1. The first-order valence-corrected chi connectivity index (χ1v) is 9.43. The molecule has 4 rings (SSSR count). The number of rotatable bonds is 4. The van der Waals surface area contributed by atoms with Crippen LogP contribution in [0.15, 0.2) is 30.7 Å². The van der Waals surface area contributed by atoms with E-state index in [1.807, 2.05) is 0 Å². The van der Waals surface area contributed by atoms with Gasteiger partial charge in [0.05, 0.1) is 18.1 Å². The Labute approximate surface area is 169 Å². The third kappa shape index (κ3) is 3.70. The van der Waals surface area contributed by atoms with E-state index in [9.17, 15) is 22.7 Å². The van der Waals surface area contributed by atoms with Crippen LogP contribution in [0.4, 0.5) is 23.5 Å². The zero-order valence-corrected chi connectivity index (χ0v) is 16.0. The third-order valence-electron chi connectivity index (χ3n) is 5.24. The third-order valence-corrected chi connectivity index (χ3v) is 5.24. The Morgan fingerprint density at radius 3 is 2.73 bits per heavy atom. The van der Waals surface area contributed by atoms with Gasteiger partial charge in [-0.1, -0.05) is 6.07 Å². The van der Waals surface area contributed by atoms with Gasteiger partial charge in [0.1, 0.15) is 11.3 Å². The highest BCUT2D eigenvalue weighted by molar-refractivity contribution is 5.62. The smallest absolute Gasteiger partial charge is 0.376 e. The maximum atomic E-state index is 14.5. The van der Waals surface area contributed by atoms with Crippen LogP contribution in [0.25, 0.3) is 17.0 Å². The van der Waals surface area contributed by atoms with Gasteiger partial charge in [-0.05, 0) is 32.4 Å². The van der Waals surface area contributed by atoms with Crippen molar-refractivity contribution in [3.8, 4) is 11.4 Å². The molecule has 1 aliphatic rings. The lowest BCUT2D eigenvalue weighted by molar-refractivity contribution is -0.259. The molecule has 0 aliphatic carbocycles. The molecule has 3 N–H and O–H groups in total. The highest BCUT2D eigenvalue weighted by atomic mass is 19.4. The van der Waals surface area contributed by atoms with Gasteiger partial charge in [0.25, 0.3) is 0 Å². The molecule has 1 saturated heterocycles. The maximum absolute atomic E-state index is 14.5. The summed E-state index contributed by atoms with van der Waals surface area (Å²) in [5.74, 6) is -0.523. The summed E-state index contributed by atoms with van der Waals surface area (Å²) < 4.78 is 55.5. The summed E-state index contributed by atoms with van der Waals surface area (Å²) in [6.45, 7) is 2.32. The first-order chi connectivity index (χ1) is 14.2. The zero-order valence-electron chi connectivity index (χ0n) is 16.0. The molecule has 0 aromatic carbocycles. The predicted octanol–water partition coefficient (Wildman–Crippen LogP) is 2.86. The monoisotopic (exact) mass is 424 g/mol. The van der Waals surface area contributed by atoms with Crippen LogP contribution in [-0.2, 0) is 5.60 Å². The van der Waals surface area contributed by atoms with Gasteiger partial charge in [0, 0.05) is 24.3 Å². The Balaban J connectivity index is 1.74. The fourth-order valence-corrected chi connectivity index (χ4v) is 3.38. The van der Waals surface area contributed by atoms with Gasteiger partial charge in [-0.3, -0.25) is 4.40 Å². The van der Waals surface area contributed by atoms with Crippen molar-refractivity contribution < 1.29 is 22.7 Å². The average molecular weight is 424 g/mol. The summed E-state index contributed by atoms with van der Waals surface area (Å²) in [7, 11) is 0. The SMILES string of the molecule is C[C@@](O)(c1ccc2ncc(-c3nc(NC4CCCNC4)ncc3F)n2c1)C(F)(F)F. The Hall–Kier alpha value is -2.79. The van der Waals surface area contributed by atoms with Crippen LogP contribution in [0.2, 0.25) is 0 Å². The van der Waals surface area contributed by atoms with Crippen molar-refractivity contribution in [1.82, 2.24) is 24.7 Å². The van der Waals surface area contributed by atoms with Crippen LogP contribution in [0.3, 0.4) is 0 Å². The number of nitrogens with zero attached hydrogens (tertiary/aromatic N) is 4. The summed E-state index contributed by atoms with van der Waals surface area (Å²) in [5, 5.41) is 16.4. The van der Waals surface area contributed by atoms with E-state index in [0.717, 1.165) is 44.4 Å². The first-order valence-electron chi connectivity index (χ1n) is 9.43. The molecule has 1 fully saturated rings. The largest absolute Gasteiger partial charge is 0.421 e. The number of pyridine rings is 1. The van der Waals surface area contributed by atoms with E-state index in [0.29, 0.717) is 6.92 Å². The van der Waals surface area contributed by atoms with Gasteiger partial charge < -0.3 is 15.7 Å². The summed E-state index contributed by atoms with van der Waals surface area (Å²) in [4.78, 5) is 12.3. The fraction of sp³-hybridized carbons (Fsp3) is 0.421. The van der Waals surface area contributed by atoms with Crippen LogP contribution in [0.5, 0.6) is 0 Å². The van der Waals surface area contributed by atoms with Crippen molar-refractivity contribution in [2.24, 2.45) is 0 Å². The summed E-state index contributed by atoms with van der Waals surface area (Å²) in [6, 6.07) is 2.55. The molecular weight excluding hydrogens is 404 g/mol. The van der Waals surface area contributed by atoms with Crippen molar-refractivity contribution in [2.45, 2.75) is 37.6 Å². The highest BCUT2D eigenvalue weighted by Gasteiger charge is 2.51. The number of anilines is 1. The molecule has 1 unspecified atom stereocenters. The molecule has 0 amide bonds. The number of nitrogens with one attached hydrogen (secondary N) is 2. The second-order valence-corrected chi connectivity index (χ2v) is 7.44. The second-order valence-electron chi connectivity index (χ2n) is 7.44. The molecule has 0 saturated carbocycles. The number of imidazole rings is 1. The normalized spacial score (nSPS) is 19.6. The number of alkyl halides is 3. The van der Waals surface area contributed by atoms with E-state index < -0.39 is 23.2 Å². The van der Waals surface area contributed by atoms with Crippen LogP contribution in [0, 0.1) is 5.82 Å². The number of halogens is 4. The Bertz CT molecular complexity index is 1060. The molecular formula is C19H20F4N6O. The van der Waals surface area contributed by atoms with Crippen molar-refractivity contribution >= 4 is 11.6 Å². The van der Waals surface area contributed by atoms with Crippen LogP contribution >= 0.6 is 0 Å². The summed E-state index contributed by atoms with van der Waals surface area (Å²) in [5.41, 5.74) is -3.14. The van der Waals surface area contributed by atoms with Gasteiger partial charge in [0.2, 0.25) is 5.95 Å². The van der Waals surface area contributed by atoms with E-state index in [4.69, 9.17) is 0 Å². The molecule has 7 nitrogen and oxygen atoms in total. The Morgan fingerprint density at radius 1 is 1.23 bits per heavy atom. The van der Waals surface area contributed by atoms with Crippen molar-refractivity contribution in [1.29, 1.82) is 0 Å². The highest BCUT2D eigenvalue weighted by Crippen LogP contribution is 2.38. The number of aliphatic hydroxyl groups is 1. The maximum Gasteiger partial charge on any atom is 0.421 e.